The quantitative estimate of drug-likeness (QED) is 0.594. The molecule has 0 radical (unpaired) electrons. The summed E-state index contributed by atoms with van der Waals surface area (Å²) in [6.45, 7) is 2.74. The Morgan fingerprint density at radius 2 is 2.17 bits per heavy atom. The highest BCUT2D eigenvalue weighted by molar-refractivity contribution is 5.99. The maximum Gasteiger partial charge on any atom is 0.274 e. The highest BCUT2D eigenvalue weighted by Crippen LogP contribution is 2.26. The SMILES string of the molecule is CCc1ccc(F)c2[nH]c(C(=O)N3CCc4[nH]nc(C(=O)N(C)CCO)c4C3)cc12. The summed E-state index contributed by atoms with van der Waals surface area (Å²) < 4.78 is 14.2. The van der Waals surface area contributed by atoms with Crippen LogP contribution < -0.4 is 0 Å². The Morgan fingerprint density at radius 1 is 1.37 bits per heavy atom. The number of H-pyrrole nitrogens is 2. The van der Waals surface area contributed by atoms with Crippen molar-refractivity contribution in [2.45, 2.75) is 26.3 Å². The number of aromatic nitrogens is 3. The summed E-state index contributed by atoms with van der Waals surface area (Å²) in [7, 11) is 1.59. The van der Waals surface area contributed by atoms with Crippen LogP contribution in [-0.4, -0.2) is 68.6 Å². The highest BCUT2D eigenvalue weighted by atomic mass is 19.1. The van der Waals surface area contributed by atoms with E-state index in [1.165, 1.54) is 11.0 Å². The van der Waals surface area contributed by atoms with Crippen LogP contribution in [0.4, 0.5) is 4.39 Å². The fourth-order valence-electron chi connectivity index (χ4n) is 3.91. The summed E-state index contributed by atoms with van der Waals surface area (Å²) in [6, 6.07) is 4.84. The number of amides is 2. The number of rotatable bonds is 5. The minimum atomic E-state index is -0.392. The second-order valence-corrected chi connectivity index (χ2v) is 7.49. The number of halogens is 1. The summed E-state index contributed by atoms with van der Waals surface area (Å²) in [5.41, 5.74) is 3.39. The van der Waals surface area contributed by atoms with E-state index in [0.717, 1.165) is 17.7 Å². The first-order valence-electron chi connectivity index (χ1n) is 9.96. The predicted molar refractivity (Wildman–Crippen MR) is 109 cm³/mol. The van der Waals surface area contributed by atoms with Gasteiger partial charge in [-0.2, -0.15) is 5.10 Å². The van der Waals surface area contributed by atoms with Gasteiger partial charge in [0.05, 0.1) is 18.7 Å². The number of aliphatic hydroxyl groups excluding tert-OH is 1. The molecular weight excluding hydrogens is 389 g/mol. The topological polar surface area (TPSA) is 105 Å². The van der Waals surface area contributed by atoms with Crippen LogP contribution in [-0.2, 0) is 19.4 Å². The second kappa shape index (κ2) is 7.91. The van der Waals surface area contributed by atoms with E-state index in [2.05, 4.69) is 15.2 Å². The molecule has 9 heteroatoms. The summed E-state index contributed by atoms with van der Waals surface area (Å²) in [6.07, 6.45) is 1.27. The van der Waals surface area contributed by atoms with Gasteiger partial charge in [-0.05, 0) is 24.1 Å². The van der Waals surface area contributed by atoms with Gasteiger partial charge in [0.2, 0.25) is 0 Å². The van der Waals surface area contributed by atoms with E-state index in [9.17, 15) is 14.0 Å². The molecule has 1 aliphatic rings. The molecule has 3 aromatic rings. The smallest absolute Gasteiger partial charge is 0.274 e. The molecule has 3 heterocycles. The van der Waals surface area contributed by atoms with Crippen LogP contribution in [0.3, 0.4) is 0 Å². The van der Waals surface area contributed by atoms with E-state index in [1.54, 1.807) is 24.1 Å². The number of fused-ring (bicyclic) bond motifs is 2. The molecule has 1 aromatic carbocycles. The monoisotopic (exact) mass is 413 g/mol. The standard InChI is InChI=1S/C21H24FN5O3/c1-3-12-4-5-15(22)18-13(12)10-17(23-18)20(29)27-7-6-16-14(11-27)19(25-24-16)21(30)26(2)8-9-28/h4-5,10,23,28H,3,6-9,11H2,1-2H3,(H,24,25). The molecule has 0 saturated heterocycles. The fraction of sp³-hybridized carbons (Fsp3) is 0.381. The molecule has 0 bridgehead atoms. The average Bonchev–Trinajstić information content (AvgIpc) is 3.38. The van der Waals surface area contributed by atoms with E-state index < -0.39 is 5.82 Å². The third-order valence-electron chi connectivity index (χ3n) is 5.65. The van der Waals surface area contributed by atoms with Crippen molar-refractivity contribution in [3.63, 3.8) is 0 Å². The lowest BCUT2D eigenvalue weighted by atomic mass is 10.0. The molecule has 4 rings (SSSR count). The number of aryl methyl sites for hydroxylation is 1. The normalized spacial score (nSPS) is 13.5. The Bertz CT molecular complexity index is 1120. The van der Waals surface area contributed by atoms with Crippen LogP contribution in [0.15, 0.2) is 18.2 Å². The number of hydrogen-bond donors (Lipinski definition) is 3. The van der Waals surface area contributed by atoms with Crippen molar-refractivity contribution >= 4 is 22.7 Å². The number of carbonyl (C=O) groups excluding carboxylic acids is 2. The highest BCUT2D eigenvalue weighted by Gasteiger charge is 2.30. The maximum atomic E-state index is 14.2. The molecule has 8 nitrogen and oxygen atoms in total. The lowest BCUT2D eigenvalue weighted by Crippen LogP contribution is -2.37. The Hall–Kier alpha value is -3.20. The zero-order valence-electron chi connectivity index (χ0n) is 17.0. The number of nitrogens with one attached hydrogen (secondary N) is 2. The number of hydrogen-bond acceptors (Lipinski definition) is 4. The molecule has 2 aromatic heterocycles. The van der Waals surface area contributed by atoms with Crippen LogP contribution in [0.25, 0.3) is 10.9 Å². The van der Waals surface area contributed by atoms with Crippen LogP contribution in [0.1, 0.15) is 44.7 Å². The molecule has 0 unspecified atom stereocenters. The lowest BCUT2D eigenvalue weighted by Gasteiger charge is -2.27. The van der Waals surface area contributed by atoms with Crippen molar-refractivity contribution in [3.8, 4) is 0 Å². The van der Waals surface area contributed by atoms with Gasteiger partial charge in [-0.25, -0.2) is 4.39 Å². The van der Waals surface area contributed by atoms with E-state index in [0.29, 0.717) is 35.1 Å². The van der Waals surface area contributed by atoms with Gasteiger partial charge in [0, 0.05) is 43.2 Å². The van der Waals surface area contributed by atoms with Crippen LogP contribution in [0.2, 0.25) is 0 Å². The molecule has 0 atom stereocenters. The molecule has 2 amide bonds. The second-order valence-electron chi connectivity index (χ2n) is 7.49. The number of carbonyl (C=O) groups is 2. The van der Waals surface area contributed by atoms with Gasteiger partial charge in [-0.3, -0.25) is 14.7 Å². The van der Waals surface area contributed by atoms with Crippen molar-refractivity contribution < 1.29 is 19.1 Å². The molecule has 3 N–H and O–H groups in total. The van der Waals surface area contributed by atoms with Gasteiger partial charge in [0.15, 0.2) is 5.69 Å². The van der Waals surface area contributed by atoms with Gasteiger partial charge >= 0.3 is 0 Å². The van der Waals surface area contributed by atoms with Crippen molar-refractivity contribution in [1.29, 1.82) is 0 Å². The number of aliphatic hydroxyl groups is 1. The fourth-order valence-corrected chi connectivity index (χ4v) is 3.91. The molecule has 0 spiro atoms. The maximum absolute atomic E-state index is 14.2. The van der Waals surface area contributed by atoms with Crippen LogP contribution in [0.5, 0.6) is 0 Å². The molecule has 158 valence electrons. The van der Waals surface area contributed by atoms with Gasteiger partial charge in [0.25, 0.3) is 11.8 Å². The first-order chi connectivity index (χ1) is 14.4. The Morgan fingerprint density at radius 3 is 2.90 bits per heavy atom. The van der Waals surface area contributed by atoms with E-state index in [1.807, 2.05) is 6.92 Å². The van der Waals surface area contributed by atoms with Gasteiger partial charge < -0.3 is 19.9 Å². The van der Waals surface area contributed by atoms with Gasteiger partial charge in [-0.1, -0.05) is 13.0 Å². The summed E-state index contributed by atoms with van der Waals surface area (Å²) in [5.74, 6) is -0.949. The minimum Gasteiger partial charge on any atom is -0.395 e. The van der Waals surface area contributed by atoms with Crippen LogP contribution >= 0.6 is 0 Å². The van der Waals surface area contributed by atoms with E-state index in [4.69, 9.17) is 5.11 Å². The number of aromatic amines is 2. The molecule has 0 fully saturated rings. The predicted octanol–water partition coefficient (Wildman–Crippen LogP) is 1.86. The van der Waals surface area contributed by atoms with E-state index in [-0.39, 0.29) is 37.2 Å². The summed E-state index contributed by atoms with van der Waals surface area (Å²) in [4.78, 5) is 31.7. The largest absolute Gasteiger partial charge is 0.395 e. The molecule has 0 saturated carbocycles. The van der Waals surface area contributed by atoms with Crippen molar-refractivity contribution in [2.24, 2.45) is 0 Å². The average molecular weight is 413 g/mol. The first kappa shape index (κ1) is 20.1. The van der Waals surface area contributed by atoms with Crippen molar-refractivity contribution in [3.05, 3.63) is 52.2 Å². The molecular formula is C21H24FN5O3. The third-order valence-corrected chi connectivity index (χ3v) is 5.65. The number of nitrogens with zero attached hydrogens (tertiary/aromatic N) is 3. The summed E-state index contributed by atoms with van der Waals surface area (Å²) in [5, 5.41) is 16.8. The number of likely N-dealkylation sites (N-methyl/N-ethyl adjacent to an activating group) is 1. The summed E-state index contributed by atoms with van der Waals surface area (Å²) >= 11 is 0. The van der Waals surface area contributed by atoms with Gasteiger partial charge in [0.1, 0.15) is 11.5 Å². The van der Waals surface area contributed by atoms with Gasteiger partial charge in [-0.15, -0.1) is 0 Å². The lowest BCUT2D eigenvalue weighted by molar-refractivity contribution is 0.0714. The molecule has 30 heavy (non-hydrogen) atoms. The zero-order chi connectivity index (χ0) is 21.4. The number of benzene rings is 1. The van der Waals surface area contributed by atoms with E-state index >= 15 is 0 Å². The molecule has 0 aliphatic carbocycles. The molecule has 1 aliphatic heterocycles. The third kappa shape index (κ3) is 3.35. The van der Waals surface area contributed by atoms with Crippen molar-refractivity contribution in [2.75, 3.05) is 26.7 Å². The Balaban J connectivity index is 1.61. The first-order valence-corrected chi connectivity index (χ1v) is 9.96. The Kier molecular flexibility index (Phi) is 5.29. The Labute approximate surface area is 172 Å². The minimum absolute atomic E-state index is 0.143. The zero-order valence-corrected chi connectivity index (χ0v) is 17.0. The van der Waals surface area contributed by atoms with Crippen molar-refractivity contribution in [1.82, 2.24) is 25.0 Å². The van der Waals surface area contributed by atoms with Crippen LogP contribution in [0, 0.1) is 5.82 Å².